The number of likely N-dealkylation sites (tertiary alicyclic amines) is 1. The van der Waals surface area contributed by atoms with Crippen molar-refractivity contribution in [3.8, 4) is 11.4 Å². The summed E-state index contributed by atoms with van der Waals surface area (Å²) in [7, 11) is 0. The Morgan fingerprint density at radius 3 is 2.96 bits per heavy atom. The van der Waals surface area contributed by atoms with Crippen molar-refractivity contribution in [1.82, 2.24) is 15.0 Å². The molecule has 3 aromatic rings. The third kappa shape index (κ3) is 3.42. The summed E-state index contributed by atoms with van der Waals surface area (Å²) in [5.41, 5.74) is 3.31. The number of aromatic nitrogens is 2. The number of hydrogen-bond donors (Lipinski definition) is 0. The molecule has 1 saturated heterocycles. The molecule has 4 rings (SSSR count). The molecule has 0 bridgehead atoms. The Labute approximate surface area is 156 Å². The van der Waals surface area contributed by atoms with Gasteiger partial charge in [-0.1, -0.05) is 35.0 Å². The van der Waals surface area contributed by atoms with E-state index >= 15 is 0 Å². The van der Waals surface area contributed by atoms with Gasteiger partial charge in [-0.2, -0.15) is 4.98 Å². The van der Waals surface area contributed by atoms with E-state index in [2.05, 4.69) is 34.6 Å². The van der Waals surface area contributed by atoms with Crippen LogP contribution in [0.15, 0.2) is 40.2 Å². The lowest BCUT2D eigenvalue weighted by Gasteiger charge is -2.15. The summed E-state index contributed by atoms with van der Waals surface area (Å²) in [5.74, 6) is 1.31. The molecule has 5 nitrogen and oxygen atoms in total. The molecule has 0 radical (unpaired) electrons. The Morgan fingerprint density at radius 1 is 1.31 bits per heavy atom. The Balaban J connectivity index is 1.45. The molecule has 6 heteroatoms. The summed E-state index contributed by atoms with van der Waals surface area (Å²) < 4.78 is 5.50. The second-order valence-corrected chi connectivity index (χ2v) is 7.88. The summed E-state index contributed by atoms with van der Waals surface area (Å²) in [4.78, 5) is 20.1. The first-order valence-electron chi connectivity index (χ1n) is 8.81. The molecule has 1 aliphatic rings. The van der Waals surface area contributed by atoms with E-state index in [1.807, 2.05) is 30.0 Å². The SMILES string of the molecule is Cc1ccc(-c2noc(C3CC(=O)N(CCc4cccs4)C3)n2)c(C)c1. The lowest BCUT2D eigenvalue weighted by Crippen LogP contribution is -2.27. The summed E-state index contributed by atoms with van der Waals surface area (Å²) in [6.45, 7) is 5.50. The monoisotopic (exact) mass is 367 g/mol. The molecule has 1 fully saturated rings. The van der Waals surface area contributed by atoms with Gasteiger partial charge in [-0.25, -0.2) is 0 Å². The highest BCUT2D eigenvalue weighted by molar-refractivity contribution is 7.09. The van der Waals surface area contributed by atoms with Gasteiger partial charge in [0.1, 0.15) is 0 Å². The first-order chi connectivity index (χ1) is 12.6. The highest BCUT2D eigenvalue weighted by Crippen LogP contribution is 2.30. The van der Waals surface area contributed by atoms with Crippen molar-refractivity contribution in [3.63, 3.8) is 0 Å². The Morgan fingerprint density at radius 2 is 2.19 bits per heavy atom. The van der Waals surface area contributed by atoms with Gasteiger partial charge < -0.3 is 9.42 Å². The lowest BCUT2D eigenvalue weighted by molar-refractivity contribution is -0.127. The second kappa shape index (κ2) is 7.03. The second-order valence-electron chi connectivity index (χ2n) is 6.84. The molecule has 1 aromatic carbocycles. The van der Waals surface area contributed by atoms with Crippen LogP contribution in [-0.4, -0.2) is 34.0 Å². The third-order valence-corrected chi connectivity index (χ3v) is 5.77. The molecule has 1 aliphatic heterocycles. The van der Waals surface area contributed by atoms with Gasteiger partial charge in [0.15, 0.2) is 0 Å². The highest BCUT2D eigenvalue weighted by atomic mass is 32.1. The van der Waals surface area contributed by atoms with Gasteiger partial charge in [-0.3, -0.25) is 4.79 Å². The predicted octanol–water partition coefficient (Wildman–Crippen LogP) is 3.97. The Bertz CT molecular complexity index is 917. The first kappa shape index (κ1) is 17.0. The first-order valence-corrected chi connectivity index (χ1v) is 9.69. The Kier molecular flexibility index (Phi) is 4.59. The molecule has 0 N–H and O–H groups in total. The highest BCUT2D eigenvalue weighted by Gasteiger charge is 2.34. The van der Waals surface area contributed by atoms with Crippen molar-refractivity contribution in [3.05, 3.63) is 57.6 Å². The van der Waals surface area contributed by atoms with Gasteiger partial charge in [0.25, 0.3) is 0 Å². The summed E-state index contributed by atoms with van der Waals surface area (Å²) in [5, 5.41) is 6.21. The fourth-order valence-corrected chi connectivity index (χ4v) is 4.13. The van der Waals surface area contributed by atoms with Crippen LogP contribution in [-0.2, 0) is 11.2 Å². The molecule has 1 atom stereocenters. The van der Waals surface area contributed by atoms with Crippen molar-refractivity contribution in [2.24, 2.45) is 0 Å². The van der Waals surface area contributed by atoms with Gasteiger partial charge in [-0.15, -0.1) is 11.3 Å². The van der Waals surface area contributed by atoms with Crippen molar-refractivity contribution in [1.29, 1.82) is 0 Å². The maximum atomic E-state index is 12.3. The smallest absolute Gasteiger partial charge is 0.232 e. The van der Waals surface area contributed by atoms with Crippen molar-refractivity contribution < 1.29 is 9.32 Å². The van der Waals surface area contributed by atoms with E-state index in [9.17, 15) is 4.79 Å². The molecule has 2 aromatic heterocycles. The number of amides is 1. The maximum absolute atomic E-state index is 12.3. The zero-order chi connectivity index (χ0) is 18.1. The number of rotatable bonds is 5. The van der Waals surface area contributed by atoms with Crippen LogP contribution >= 0.6 is 11.3 Å². The number of aryl methyl sites for hydroxylation is 2. The standard InChI is InChI=1S/C20H21N3O2S/c1-13-5-6-17(14(2)10-13)19-21-20(25-22-19)15-11-18(24)23(12-15)8-7-16-4-3-9-26-16/h3-6,9-10,15H,7-8,11-12H2,1-2H3. The van der Waals surface area contributed by atoms with E-state index in [1.165, 1.54) is 10.4 Å². The van der Waals surface area contributed by atoms with Crippen molar-refractivity contribution >= 4 is 17.2 Å². The Hall–Kier alpha value is -2.47. The maximum Gasteiger partial charge on any atom is 0.232 e. The number of carbonyl (C=O) groups is 1. The van der Waals surface area contributed by atoms with Crippen LogP contribution in [0.3, 0.4) is 0 Å². The molecule has 1 unspecified atom stereocenters. The van der Waals surface area contributed by atoms with Crippen LogP contribution in [0, 0.1) is 13.8 Å². The molecule has 3 heterocycles. The third-order valence-electron chi connectivity index (χ3n) is 4.84. The summed E-state index contributed by atoms with van der Waals surface area (Å²) >= 11 is 1.73. The molecule has 26 heavy (non-hydrogen) atoms. The van der Waals surface area contributed by atoms with E-state index in [0.717, 1.165) is 24.1 Å². The number of carbonyl (C=O) groups excluding carboxylic acids is 1. The minimum atomic E-state index is -0.0159. The largest absolute Gasteiger partial charge is 0.342 e. The minimum Gasteiger partial charge on any atom is -0.342 e. The topological polar surface area (TPSA) is 59.2 Å². The average Bonchev–Trinajstić information content (AvgIpc) is 3.33. The van der Waals surface area contributed by atoms with Gasteiger partial charge in [0.05, 0.1) is 5.92 Å². The normalized spacial score (nSPS) is 17.2. The number of nitrogens with zero attached hydrogens (tertiary/aromatic N) is 3. The number of hydrogen-bond acceptors (Lipinski definition) is 5. The zero-order valence-electron chi connectivity index (χ0n) is 14.9. The molecule has 1 amide bonds. The number of benzene rings is 1. The predicted molar refractivity (Wildman–Crippen MR) is 101 cm³/mol. The van der Waals surface area contributed by atoms with E-state index in [1.54, 1.807) is 11.3 Å². The van der Waals surface area contributed by atoms with E-state index in [4.69, 9.17) is 4.52 Å². The van der Waals surface area contributed by atoms with Gasteiger partial charge in [0, 0.05) is 30.0 Å². The quantitative estimate of drug-likeness (QED) is 0.684. The lowest BCUT2D eigenvalue weighted by atomic mass is 10.1. The van der Waals surface area contributed by atoms with Gasteiger partial charge in [0.2, 0.25) is 17.6 Å². The molecule has 0 spiro atoms. The van der Waals surface area contributed by atoms with Gasteiger partial charge >= 0.3 is 0 Å². The van der Waals surface area contributed by atoms with Crippen molar-refractivity contribution in [2.45, 2.75) is 32.6 Å². The summed E-state index contributed by atoms with van der Waals surface area (Å²) in [6.07, 6.45) is 1.34. The number of thiophene rings is 1. The molecule has 134 valence electrons. The van der Waals surface area contributed by atoms with Crippen LogP contribution in [0.4, 0.5) is 0 Å². The average molecular weight is 367 g/mol. The molecule has 0 saturated carbocycles. The minimum absolute atomic E-state index is 0.0159. The van der Waals surface area contributed by atoms with Gasteiger partial charge in [-0.05, 0) is 37.3 Å². The van der Waals surface area contributed by atoms with E-state index < -0.39 is 0 Å². The van der Waals surface area contributed by atoms with Crippen LogP contribution in [0.1, 0.15) is 34.2 Å². The van der Waals surface area contributed by atoms with Crippen molar-refractivity contribution in [2.75, 3.05) is 13.1 Å². The fraction of sp³-hybridized carbons (Fsp3) is 0.350. The van der Waals surface area contributed by atoms with Crippen LogP contribution in [0.25, 0.3) is 11.4 Å². The van der Waals surface area contributed by atoms with Crippen LogP contribution in [0.5, 0.6) is 0 Å². The van der Waals surface area contributed by atoms with E-state index in [0.29, 0.717) is 24.7 Å². The summed E-state index contributed by atoms with van der Waals surface area (Å²) in [6, 6.07) is 10.3. The molecule has 0 aliphatic carbocycles. The van der Waals surface area contributed by atoms with Crippen LogP contribution in [0.2, 0.25) is 0 Å². The zero-order valence-corrected chi connectivity index (χ0v) is 15.8. The van der Waals surface area contributed by atoms with Crippen LogP contribution < -0.4 is 0 Å². The van der Waals surface area contributed by atoms with E-state index in [-0.39, 0.29) is 11.8 Å². The molecular weight excluding hydrogens is 346 g/mol. The fourth-order valence-electron chi connectivity index (χ4n) is 3.43. The molecular formula is C20H21N3O2S.